The fourth-order valence-corrected chi connectivity index (χ4v) is 2.07. The number of fused-ring (bicyclic) bond motifs is 1. The maximum atomic E-state index is 11.7. The predicted octanol–water partition coefficient (Wildman–Crippen LogP) is 2.30. The van der Waals surface area contributed by atoms with Crippen LogP contribution in [0.15, 0.2) is 12.1 Å². The summed E-state index contributed by atoms with van der Waals surface area (Å²) in [6.45, 7) is 3.89. The zero-order valence-corrected chi connectivity index (χ0v) is 12.1. The molecule has 0 saturated heterocycles. The zero-order valence-electron chi connectivity index (χ0n) is 11.4. The normalized spacial score (nSPS) is 14.4. The van der Waals surface area contributed by atoms with Crippen LogP contribution in [0.2, 0.25) is 5.02 Å². The Bertz CT molecular complexity index is 544. The van der Waals surface area contributed by atoms with Crippen molar-refractivity contribution in [2.75, 3.05) is 6.61 Å². The van der Waals surface area contributed by atoms with Crippen molar-refractivity contribution in [3.63, 3.8) is 0 Å². The van der Waals surface area contributed by atoms with Crippen LogP contribution in [0, 0.1) is 0 Å². The van der Waals surface area contributed by atoms with Crippen molar-refractivity contribution in [1.82, 2.24) is 5.32 Å². The lowest BCUT2D eigenvalue weighted by Crippen LogP contribution is -2.35. The first-order valence-corrected chi connectivity index (χ1v) is 6.81. The molecule has 0 bridgehead atoms. The SMILES string of the molecule is CCC(C)NC(=O)COc1ccc(Cl)c2c1C(=O)OC2. The number of ether oxygens (including phenoxy) is 2. The molecule has 2 rings (SSSR count). The van der Waals surface area contributed by atoms with Crippen molar-refractivity contribution >= 4 is 23.5 Å². The van der Waals surface area contributed by atoms with Crippen molar-refractivity contribution in [3.8, 4) is 5.75 Å². The van der Waals surface area contributed by atoms with Gasteiger partial charge in [-0.15, -0.1) is 0 Å². The summed E-state index contributed by atoms with van der Waals surface area (Å²) in [6, 6.07) is 3.29. The van der Waals surface area contributed by atoms with Crippen LogP contribution in [0.1, 0.15) is 36.2 Å². The minimum atomic E-state index is -0.472. The summed E-state index contributed by atoms with van der Waals surface area (Å²) in [5, 5.41) is 3.24. The molecule has 0 spiro atoms. The topological polar surface area (TPSA) is 64.6 Å². The van der Waals surface area contributed by atoms with Gasteiger partial charge in [0.05, 0.1) is 0 Å². The Hall–Kier alpha value is -1.75. The number of amides is 1. The molecular formula is C14H16ClNO4. The maximum absolute atomic E-state index is 11.7. The Morgan fingerprint density at radius 3 is 3.00 bits per heavy atom. The van der Waals surface area contributed by atoms with Crippen LogP contribution in [-0.4, -0.2) is 24.5 Å². The molecule has 6 heteroatoms. The van der Waals surface area contributed by atoms with Gasteiger partial charge in [-0.1, -0.05) is 18.5 Å². The van der Waals surface area contributed by atoms with Crippen LogP contribution in [0.3, 0.4) is 0 Å². The largest absolute Gasteiger partial charge is 0.483 e. The first-order valence-electron chi connectivity index (χ1n) is 6.43. The summed E-state index contributed by atoms with van der Waals surface area (Å²) >= 11 is 5.99. The number of nitrogens with one attached hydrogen (secondary N) is 1. The molecule has 1 aliphatic heterocycles. The second-order valence-electron chi connectivity index (χ2n) is 4.64. The first kappa shape index (κ1) is 14.7. The summed E-state index contributed by atoms with van der Waals surface area (Å²) in [7, 11) is 0. The van der Waals surface area contributed by atoms with E-state index in [0.29, 0.717) is 21.9 Å². The van der Waals surface area contributed by atoms with E-state index in [0.717, 1.165) is 6.42 Å². The Morgan fingerprint density at radius 2 is 2.30 bits per heavy atom. The molecule has 5 nitrogen and oxygen atoms in total. The molecule has 1 aromatic rings. The van der Waals surface area contributed by atoms with Crippen LogP contribution < -0.4 is 10.1 Å². The van der Waals surface area contributed by atoms with E-state index in [9.17, 15) is 9.59 Å². The smallest absolute Gasteiger partial charge is 0.342 e. The predicted molar refractivity (Wildman–Crippen MR) is 74.0 cm³/mol. The molecule has 0 saturated carbocycles. The van der Waals surface area contributed by atoms with Gasteiger partial charge in [0.2, 0.25) is 0 Å². The van der Waals surface area contributed by atoms with Crippen molar-refractivity contribution in [3.05, 3.63) is 28.3 Å². The van der Waals surface area contributed by atoms with E-state index in [1.54, 1.807) is 12.1 Å². The number of carbonyl (C=O) groups is 2. The number of carbonyl (C=O) groups excluding carboxylic acids is 2. The zero-order chi connectivity index (χ0) is 14.7. The highest BCUT2D eigenvalue weighted by Gasteiger charge is 2.28. The van der Waals surface area contributed by atoms with E-state index in [4.69, 9.17) is 21.1 Å². The summed E-state index contributed by atoms with van der Waals surface area (Å²) in [5.74, 6) is -0.375. The number of rotatable bonds is 5. The highest BCUT2D eigenvalue weighted by molar-refractivity contribution is 6.32. The Labute approximate surface area is 122 Å². The third-order valence-corrected chi connectivity index (χ3v) is 3.50. The van der Waals surface area contributed by atoms with Crippen LogP contribution in [-0.2, 0) is 16.1 Å². The van der Waals surface area contributed by atoms with E-state index in [1.807, 2.05) is 13.8 Å². The van der Waals surface area contributed by atoms with Crippen molar-refractivity contribution in [2.45, 2.75) is 32.9 Å². The van der Waals surface area contributed by atoms with Crippen molar-refractivity contribution in [1.29, 1.82) is 0 Å². The monoisotopic (exact) mass is 297 g/mol. The average molecular weight is 298 g/mol. The van der Waals surface area contributed by atoms with E-state index >= 15 is 0 Å². The maximum Gasteiger partial charge on any atom is 0.342 e. The highest BCUT2D eigenvalue weighted by atomic mass is 35.5. The lowest BCUT2D eigenvalue weighted by atomic mass is 10.1. The van der Waals surface area contributed by atoms with E-state index in [2.05, 4.69) is 5.32 Å². The number of benzene rings is 1. The van der Waals surface area contributed by atoms with Gasteiger partial charge in [0.25, 0.3) is 5.91 Å². The van der Waals surface area contributed by atoms with Gasteiger partial charge in [0.15, 0.2) is 6.61 Å². The lowest BCUT2D eigenvalue weighted by Gasteiger charge is -2.13. The number of esters is 1. The van der Waals surface area contributed by atoms with Crippen LogP contribution in [0.4, 0.5) is 0 Å². The Balaban J connectivity index is 2.06. The van der Waals surface area contributed by atoms with Gasteiger partial charge in [0.1, 0.15) is 17.9 Å². The fourth-order valence-electron chi connectivity index (χ4n) is 1.86. The van der Waals surface area contributed by atoms with Gasteiger partial charge in [-0.25, -0.2) is 4.79 Å². The molecule has 1 heterocycles. The summed E-state index contributed by atoms with van der Waals surface area (Å²) in [6.07, 6.45) is 0.842. The van der Waals surface area contributed by atoms with Crippen LogP contribution >= 0.6 is 11.6 Å². The lowest BCUT2D eigenvalue weighted by molar-refractivity contribution is -0.123. The molecule has 1 aromatic carbocycles. The molecular weight excluding hydrogens is 282 g/mol. The second-order valence-corrected chi connectivity index (χ2v) is 5.05. The van der Waals surface area contributed by atoms with Gasteiger partial charge in [-0.05, 0) is 25.5 Å². The average Bonchev–Trinajstić information content (AvgIpc) is 2.81. The first-order chi connectivity index (χ1) is 9.52. The third kappa shape index (κ3) is 3.04. The molecule has 108 valence electrons. The van der Waals surface area contributed by atoms with E-state index in [1.165, 1.54) is 0 Å². The Morgan fingerprint density at radius 1 is 1.55 bits per heavy atom. The number of hydrogen-bond donors (Lipinski definition) is 1. The number of cyclic esters (lactones) is 1. The number of halogens is 1. The molecule has 1 amide bonds. The summed E-state index contributed by atoms with van der Waals surface area (Å²) < 4.78 is 10.3. The van der Waals surface area contributed by atoms with Crippen molar-refractivity contribution < 1.29 is 19.1 Å². The summed E-state index contributed by atoms with van der Waals surface area (Å²) in [4.78, 5) is 23.3. The van der Waals surface area contributed by atoms with Crippen LogP contribution in [0.5, 0.6) is 5.75 Å². The minimum Gasteiger partial charge on any atom is -0.483 e. The van der Waals surface area contributed by atoms with Gasteiger partial charge >= 0.3 is 5.97 Å². The Kier molecular flexibility index (Phi) is 4.49. The quantitative estimate of drug-likeness (QED) is 0.847. The standard InChI is InChI=1S/C14H16ClNO4/c1-3-8(2)16-12(17)7-19-11-5-4-10(15)9-6-20-14(18)13(9)11/h4-5,8H,3,6-7H2,1-2H3,(H,16,17). The molecule has 20 heavy (non-hydrogen) atoms. The van der Waals surface area contributed by atoms with E-state index < -0.39 is 5.97 Å². The van der Waals surface area contributed by atoms with Gasteiger partial charge < -0.3 is 14.8 Å². The molecule has 1 atom stereocenters. The fraction of sp³-hybridized carbons (Fsp3) is 0.429. The minimum absolute atomic E-state index is 0.0898. The van der Waals surface area contributed by atoms with E-state index in [-0.39, 0.29) is 25.2 Å². The van der Waals surface area contributed by atoms with Crippen LogP contribution in [0.25, 0.3) is 0 Å². The molecule has 0 radical (unpaired) electrons. The molecule has 1 unspecified atom stereocenters. The molecule has 0 aliphatic carbocycles. The highest BCUT2D eigenvalue weighted by Crippen LogP contribution is 2.34. The third-order valence-electron chi connectivity index (χ3n) is 3.15. The van der Waals surface area contributed by atoms with Crippen molar-refractivity contribution in [2.24, 2.45) is 0 Å². The second kappa shape index (κ2) is 6.13. The van der Waals surface area contributed by atoms with Gasteiger partial charge in [-0.2, -0.15) is 0 Å². The summed E-state index contributed by atoms with van der Waals surface area (Å²) in [5.41, 5.74) is 0.922. The molecule has 0 aromatic heterocycles. The molecule has 1 N–H and O–H groups in total. The number of hydrogen-bond acceptors (Lipinski definition) is 4. The molecule has 0 fully saturated rings. The van der Waals surface area contributed by atoms with Gasteiger partial charge in [-0.3, -0.25) is 4.79 Å². The molecule has 1 aliphatic rings. The van der Waals surface area contributed by atoms with Gasteiger partial charge in [0, 0.05) is 16.6 Å².